The molecule has 5 nitrogen and oxygen atoms in total. The first-order chi connectivity index (χ1) is 13.7. The lowest BCUT2D eigenvalue weighted by Crippen LogP contribution is -2.39. The number of nitrogens with zero attached hydrogens (tertiary/aromatic N) is 3. The van der Waals surface area contributed by atoms with E-state index in [1.54, 1.807) is 0 Å². The molecule has 2 N–H and O–H groups in total. The van der Waals surface area contributed by atoms with Gasteiger partial charge in [-0.1, -0.05) is 37.1 Å². The number of nitrogens with one attached hydrogen (secondary N) is 1. The van der Waals surface area contributed by atoms with Gasteiger partial charge in [-0.2, -0.15) is 0 Å². The molecule has 3 fully saturated rings. The van der Waals surface area contributed by atoms with Gasteiger partial charge in [-0.3, -0.25) is 9.89 Å². The average molecular weight is 385 g/mol. The van der Waals surface area contributed by atoms with Crippen LogP contribution in [0, 0.1) is 11.8 Å². The Labute approximate surface area is 169 Å². The largest absolute Gasteiger partial charge is 0.393 e. The van der Waals surface area contributed by atoms with Crippen LogP contribution in [-0.4, -0.2) is 60.2 Å². The molecular weight excluding hydrogens is 348 g/mol. The molecule has 2 atom stereocenters. The van der Waals surface area contributed by atoms with Gasteiger partial charge in [-0.05, 0) is 48.6 Å². The summed E-state index contributed by atoms with van der Waals surface area (Å²) < 4.78 is 0. The Hall–Kier alpha value is -1.59. The van der Waals surface area contributed by atoms with E-state index in [0.717, 1.165) is 56.8 Å². The van der Waals surface area contributed by atoms with Crippen molar-refractivity contribution in [1.82, 2.24) is 15.1 Å². The summed E-state index contributed by atoms with van der Waals surface area (Å²) in [6, 6.07) is 8.96. The minimum absolute atomic E-state index is 0.0984. The van der Waals surface area contributed by atoms with Crippen LogP contribution in [-0.2, 0) is 13.1 Å². The molecule has 28 heavy (non-hydrogen) atoms. The summed E-state index contributed by atoms with van der Waals surface area (Å²) in [5.41, 5.74) is 2.66. The Kier molecular flexibility index (Phi) is 6.53. The van der Waals surface area contributed by atoms with Crippen molar-refractivity contribution in [2.24, 2.45) is 16.8 Å². The number of aliphatic hydroxyl groups is 1. The molecule has 1 aromatic rings. The molecule has 2 saturated heterocycles. The Morgan fingerprint density at radius 3 is 2.21 bits per heavy atom. The van der Waals surface area contributed by atoms with Gasteiger partial charge < -0.3 is 15.3 Å². The molecule has 4 rings (SSSR count). The quantitative estimate of drug-likeness (QED) is 0.619. The lowest BCUT2D eigenvalue weighted by molar-refractivity contribution is 0.0792. The van der Waals surface area contributed by atoms with Crippen molar-refractivity contribution < 1.29 is 5.11 Å². The van der Waals surface area contributed by atoms with Gasteiger partial charge >= 0.3 is 0 Å². The smallest absolute Gasteiger partial charge is 0.193 e. The number of fused-ring (bicyclic) bond motifs is 1. The number of likely N-dealkylation sites (tertiary alicyclic amines) is 2. The number of guanidine groups is 1. The van der Waals surface area contributed by atoms with Crippen LogP contribution < -0.4 is 5.32 Å². The average Bonchev–Trinajstić information content (AvgIpc) is 3.15. The van der Waals surface area contributed by atoms with E-state index < -0.39 is 0 Å². The second-order valence-electron chi connectivity index (χ2n) is 8.93. The zero-order valence-corrected chi connectivity index (χ0v) is 17.3. The second kappa shape index (κ2) is 9.27. The number of aliphatic imine (C=N–C) groups is 1. The van der Waals surface area contributed by atoms with Crippen LogP contribution in [0.3, 0.4) is 0 Å². The molecule has 0 radical (unpaired) electrons. The van der Waals surface area contributed by atoms with Crippen LogP contribution in [0.5, 0.6) is 0 Å². The minimum atomic E-state index is -0.0984. The molecule has 154 valence electrons. The maximum absolute atomic E-state index is 9.65. The molecule has 1 aliphatic carbocycles. The Bertz CT molecular complexity index is 637. The van der Waals surface area contributed by atoms with Crippen LogP contribution in [0.15, 0.2) is 29.3 Å². The predicted molar refractivity (Wildman–Crippen MR) is 114 cm³/mol. The summed E-state index contributed by atoms with van der Waals surface area (Å²) in [6.07, 6.45) is 7.32. The van der Waals surface area contributed by atoms with E-state index in [1.807, 2.05) is 7.05 Å². The van der Waals surface area contributed by atoms with E-state index in [0.29, 0.717) is 0 Å². The number of aliphatic hydroxyl groups excluding tert-OH is 1. The van der Waals surface area contributed by atoms with E-state index in [2.05, 4.69) is 44.4 Å². The van der Waals surface area contributed by atoms with Crippen molar-refractivity contribution in [3.8, 4) is 0 Å². The summed E-state index contributed by atoms with van der Waals surface area (Å²) in [7, 11) is 1.91. The van der Waals surface area contributed by atoms with E-state index in [-0.39, 0.29) is 6.10 Å². The molecule has 0 bridgehead atoms. The van der Waals surface area contributed by atoms with E-state index in [9.17, 15) is 5.11 Å². The van der Waals surface area contributed by atoms with Crippen LogP contribution in [0.4, 0.5) is 0 Å². The first-order valence-electron chi connectivity index (χ1n) is 11.1. The van der Waals surface area contributed by atoms with Gasteiger partial charge in [0.15, 0.2) is 5.96 Å². The third-order valence-electron chi connectivity index (χ3n) is 6.92. The van der Waals surface area contributed by atoms with Crippen molar-refractivity contribution in [3.05, 3.63) is 35.4 Å². The first-order valence-corrected chi connectivity index (χ1v) is 11.1. The molecule has 2 aliphatic heterocycles. The first kappa shape index (κ1) is 19.7. The molecule has 0 spiro atoms. The third-order valence-corrected chi connectivity index (χ3v) is 6.92. The van der Waals surface area contributed by atoms with E-state index in [1.165, 1.54) is 49.9 Å². The molecule has 0 amide bonds. The van der Waals surface area contributed by atoms with Crippen LogP contribution >= 0.6 is 0 Å². The number of hydrogen-bond donors (Lipinski definition) is 2. The maximum Gasteiger partial charge on any atom is 0.193 e. The SMILES string of the molecule is CN=C(NCc1ccc(CN2CCC(O)CC2)cc1)N1CC2CCCCC2C1. The normalized spacial score (nSPS) is 27.1. The number of benzene rings is 1. The standard InChI is InChI=1S/C23H36N4O/c1-24-23(27-16-20-4-2-3-5-21(20)17-27)25-14-18-6-8-19(9-7-18)15-26-12-10-22(28)11-13-26/h6-9,20-22,28H,2-5,10-17H2,1H3,(H,24,25). The minimum Gasteiger partial charge on any atom is -0.393 e. The van der Waals surface area contributed by atoms with E-state index in [4.69, 9.17) is 0 Å². The fraction of sp³-hybridized carbons (Fsp3) is 0.696. The van der Waals surface area contributed by atoms with E-state index >= 15 is 0 Å². The zero-order valence-electron chi connectivity index (χ0n) is 17.3. The van der Waals surface area contributed by atoms with Crippen molar-refractivity contribution in [3.63, 3.8) is 0 Å². The van der Waals surface area contributed by atoms with Crippen molar-refractivity contribution in [2.75, 3.05) is 33.2 Å². The highest BCUT2D eigenvalue weighted by Gasteiger charge is 2.35. The highest BCUT2D eigenvalue weighted by Crippen LogP contribution is 2.35. The second-order valence-corrected chi connectivity index (χ2v) is 8.93. The molecule has 2 unspecified atom stereocenters. The molecule has 3 aliphatic rings. The monoisotopic (exact) mass is 384 g/mol. The number of hydrogen-bond acceptors (Lipinski definition) is 3. The summed E-state index contributed by atoms with van der Waals surface area (Å²) >= 11 is 0. The Morgan fingerprint density at radius 1 is 1.00 bits per heavy atom. The molecule has 1 aromatic carbocycles. The van der Waals surface area contributed by atoms with Gasteiger partial charge in [0.25, 0.3) is 0 Å². The van der Waals surface area contributed by atoms with Crippen LogP contribution in [0.25, 0.3) is 0 Å². The fourth-order valence-corrected chi connectivity index (χ4v) is 5.19. The topological polar surface area (TPSA) is 51.1 Å². The van der Waals surface area contributed by atoms with Gasteiger partial charge in [-0.25, -0.2) is 0 Å². The third kappa shape index (κ3) is 4.87. The summed E-state index contributed by atoms with van der Waals surface area (Å²) in [5.74, 6) is 2.82. The van der Waals surface area contributed by atoms with Gasteiger partial charge in [0, 0.05) is 46.3 Å². The predicted octanol–water partition coefficient (Wildman–Crippen LogP) is 2.84. The highest BCUT2D eigenvalue weighted by atomic mass is 16.3. The van der Waals surface area contributed by atoms with Gasteiger partial charge in [0.2, 0.25) is 0 Å². The maximum atomic E-state index is 9.65. The Morgan fingerprint density at radius 2 is 1.61 bits per heavy atom. The fourth-order valence-electron chi connectivity index (χ4n) is 5.19. The van der Waals surface area contributed by atoms with Crippen molar-refractivity contribution in [1.29, 1.82) is 0 Å². The Balaban J connectivity index is 1.26. The van der Waals surface area contributed by atoms with Crippen molar-refractivity contribution in [2.45, 2.75) is 57.7 Å². The van der Waals surface area contributed by atoms with Crippen LogP contribution in [0.2, 0.25) is 0 Å². The summed E-state index contributed by atoms with van der Waals surface area (Å²) in [6.45, 7) is 6.16. The molecule has 2 heterocycles. The summed E-state index contributed by atoms with van der Waals surface area (Å²) in [5, 5.41) is 13.2. The zero-order chi connectivity index (χ0) is 19.3. The van der Waals surface area contributed by atoms with Crippen molar-refractivity contribution >= 4 is 5.96 Å². The number of piperidine rings is 1. The van der Waals surface area contributed by atoms with Crippen LogP contribution in [0.1, 0.15) is 49.7 Å². The van der Waals surface area contributed by atoms with Gasteiger partial charge in [0.05, 0.1) is 6.10 Å². The van der Waals surface area contributed by atoms with Gasteiger partial charge in [0.1, 0.15) is 0 Å². The lowest BCUT2D eigenvalue weighted by Gasteiger charge is -2.29. The molecular formula is C23H36N4O. The molecule has 5 heteroatoms. The molecule has 1 saturated carbocycles. The number of rotatable bonds is 4. The highest BCUT2D eigenvalue weighted by molar-refractivity contribution is 5.80. The lowest BCUT2D eigenvalue weighted by atomic mass is 9.82. The van der Waals surface area contributed by atoms with Gasteiger partial charge in [-0.15, -0.1) is 0 Å². The molecule has 0 aromatic heterocycles. The summed E-state index contributed by atoms with van der Waals surface area (Å²) in [4.78, 5) is 9.46.